The molecule has 2 heterocycles. The third kappa shape index (κ3) is 3.62. The number of carbonyl (C=O) groups is 4. The van der Waals surface area contributed by atoms with Gasteiger partial charge in [-0.3, -0.25) is 14.5 Å². The minimum absolute atomic E-state index is 0.149. The Morgan fingerprint density at radius 3 is 2.34 bits per heavy atom. The summed E-state index contributed by atoms with van der Waals surface area (Å²) in [6, 6.07) is 18.9. The SMILES string of the molecule is O=C(OCc1ccccc1)N1C(=O)N(Cc2ccc(Cl)c(Cl)c2)C(=O)[C@@]12C(=O)Nc1ccccc12. The number of fused-ring (bicyclic) bond motifs is 2. The molecule has 5 rings (SSSR count). The lowest BCUT2D eigenvalue weighted by atomic mass is 9.89. The van der Waals surface area contributed by atoms with Gasteiger partial charge in [0.15, 0.2) is 0 Å². The van der Waals surface area contributed by atoms with Crippen LogP contribution in [-0.2, 0) is 33.0 Å². The molecule has 0 radical (unpaired) electrons. The van der Waals surface area contributed by atoms with Crippen molar-refractivity contribution in [1.82, 2.24) is 9.80 Å². The molecule has 1 fully saturated rings. The zero-order chi connectivity index (χ0) is 24.7. The van der Waals surface area contributed by atoms with Crippen LogP contribution in [-0.4, -0.2) is 33.7 Å². The molecule has 1 N–H and O–H groups in total. The van der Waals surface area contributed by atoms with E-state index in [1.54, 1.807) is 48.5 Å². The number of amides is 5. The number of benzene rings is 3. The largest absolute Gasteiger partial charge is 0.444 e. The fourth-order valence-electron chi connectivity index (χ4n) is 4.28. The number of imide groups is 2. The predicted molar refractivity (Wildman–Crippen MR) is 128 cm³/mol. The quantitative estimate of drug-likeness (QED) is 0.396. The Morgan fingerprint density at radius 1 is 0.886 bits per heavy atom. The fourth-order valence-corrected chi connectivity index (χ4v) is 4.60. The van der Waals surface area contributed by atoms with Gasteiger partial charge in [0.25, 0.3) is 11.8 Å². The van der Waals surface area contributed by atoms with Gasteiger partial charge in [0, 0.05) is 11.3 Å². The van der Waals surface area contributed by atoms with Crippen molar-refractivity contribution in [2.45, 2.75) is 18.7 Å². The molecular formula is C25H17Cl2N3O5. The van der Waals surface area contributed by atoms with Crippen molar-refractivity contribution in [2.24, 2.45) is 0 Å². The van der Waals surface area contributed by atoms with Gasteiger partial charge in [0.2, 0.25) is 5.54 Å². The lowest BCUT2D eigenvalue weighted by molar-refractivity contribution is -0.140. The monoisotopic (exact) mass is 509 g/mol. The van der Waals surface area contributed by atoms with E-state index < -0.39 is 29.5 Å². The Labute approximate surface area is 210 Å². The van der Waals surface area contributed by atoms with Crippen molar-refractivity contribution in [3.8, 4) is 0 Å². The number of nitrogens with one attached hydrogen (secondary N) is 1. The number of nitrogens with zero attached hydrogens (tertiary/aromatic N) is 2. The third-order valence-electron chi connectivity index (χ3n) is 5.92. The lowest BCUT2D eigenvalue weighted by Crippen LogP contribution is -2.54. The fraction of sp³-hybridized carbons (Fsp3) is 0.120. The molecule has 0 bridgehead atoms. The van der Waals surface area contributed by atoms with E-state index in [4.69, 9.17) is 27.9 Å². The maximum atomic E-state index is 13.8. The molecule has 0 unspecified atom stereocenters. The van der Waals surface area contributed by atoms with Crippen LogP contribution in [0.25, 0.3) is 0 Å². The zero-order valence-corrected chi connectivity index (χ0v) is 19.5. The number of hydrogen-bond donors (Lipinski definition) is 1. The number of hydrogen-bond acceptors (Lipinski definition) is 5. The highest BCUT2D eigenvalue weighted by atomic mass is 35.5. The summed E-state index contributed by atoms with van der Waals surface area (Å²) in [5.74, 6) is -1.68. The van der Waals surface area contributed by atoms with Gasteiger partial charge in [-0.05, 0) is 29.3 Å². The third-order valence-corrected chi connectivity index (χ3v) is 6.66. The van der Waals surface area contributed by atoms with E-state index in [0.717, 1.165) is 4.90 Å². The first-order chi connectivity index (χ1) is 16.8. The second-order valence-corrected chi connectivity index (χ2v) is 8.82. The molecule has 5 amide bonds. The van der Waals surface area contributed by atoms with Crippen LogP contribution in [0.3, 0.4) is 0 Å². The first-order valence-electron chi connectivity index (χ1n) is 10.6. The van der Waals surface area contributed by atoms with Gasteiger partial charge in [-0.25, -0.2) is 9.59 Å². The summed E-state index contributed by atoms with van der Waals surface area (Å²) < 4.78 is 5.38. The summed E-state index contributed by atoms with van der Waals surface area (Å²) in [7, 11) is 0. The molecular weight excluding hydrogens is 493 g/mol. The molecule has 35 heavy (non-hydrogen) atoms. The highest BCUT2D eigenvalue weighted by molar-refractivity contribution is 6.42. The minimum atomic E-state index is -2.22. The molecule has 176 valence electrons. The van der Waals surface area contributed by atoms with E-state index >= 15 is 0 Å². The van der Waals surface area contributed by atoms with Crippen LogP contribution < -0.4 is 5.32 Å². The molecule has 8 nitrogen and oxygen atoms in total. The van der Waals surface area contributed by atoms with Crippen molar-refractivity contribution in [3.05, 3.63) is 99.5 Å². The Kier molecular flexibility index (Phi) is 5.70. The second-order valence-electron chi connectivity index (χ2n) is 8.01. The normalized spacial score (nSPS) is 18.7. The maximum Gasteiger partial charge on any atom is 0.420 e. The topological polar surface area (TPSA) is 96.0 Å². The second kappa shape index (κ2) is 8.72. The van der Waals surface area contributed by atoms with Crippen LogP contribution in [0.2, 0.25) is 10.0 Å². The molecule has 1 spiro atoms. The van der Waals surface area contributed by atoms with Crippen LogP contribution in [0.15, 0.2) is 72.8 Å². The average molecular weight is 510 g/mol. The summed E-state index contributed by atoms with van der Waals surface area (Å²) in [4.78, 5) is 55.3. The van der Waals surface area contributed by atoms with E-state index in [9.17, 15) is 19.2 Å². The smallest absolute Gasteiger partial charge is 0.420 e. The maximum absolute atomic E-state index is 13.8. The molecule has 1 saturated heterocycles. The molecule has 0 aliphatic carbocycles. The molecule has 0 saturated carbocycles. The summed E-state index contributed by atoms with van der Waals surface area (Å²) >= 11 is 12.1. The van der Waals surface area contributed by atoms with E-state index in [0.29, 0.717) is 26.7 Å². The van der Waals surface area contributed by atoms with Gasteiger partial charge < -0.3 is 10.1 Å². The van der Waals surface area contributed by atoms with Gasteiger partial charge in [-0.2, -0.15) is 4.90 Å². The lowest BCUT2D eigenvalue weighted by Gasteiger charge is -2.27. The Morgan fingerprint density at radius 2 is 1.60 bits per heavy atom. The van der Waals surface area contributed by atoms with Crippen LogP contribution in [0.5, 0.6) is 0 Å². The molecule has 3 aromatic carbocycles. The molecule has 1 atom stereocenters. The predicted octanol–water partition coefficient (Wildman–Crippen LogP) is 4.94. The molecule has 10 heteroatoms. The average Bonchev–Trinajstić information content (AvgIpc) is 3.27. The Bertz CT molecular complexity index is 1380. The number of halogens is 2. The number of carbonyl (C=O) groups excluding carboxylic acids is 4. The van der Waals surface area contributed by atoms with Gasteiger partial charge in [0.1, 0.15) is 6.61 Å². The number of ether oxygens (including phenoxy) is 1. The van der Waals surface area contributed by atoms with E-state index in [2.05, 4.69) is 5.32 Å². The summed E-state index contributed by atoms with van der Waals surface area (Å²) in [5.41, 5.74) is -0.538. The molecule has 3 aromatic rings. The van der Waals surface area contributed by atoms with Gasteiger partial charge in [-0.1, -0.05) is 77.8 Å². The standard InChI is InChI=1S/C25H17Cl2N3O5/c26-18-11-10-16(12-19(18)27)13-29-22(32)25(17-8-4-5-9-20(17)28-21(25)31)30(23(29)33)24(34)35-14-15-6-2-1-3-7-15/h1-12H,13-14H2,(H,28,31)/t25-/m1/s1. The number of para-hydroxylation sites is 1. The van der Waals surface area contributed by atoms with Crippen molar-refractivity contribution in [1.29, 1.82) is 0 Å². The van der Waals surface area contributed by atoms with Crippen molar-refractivity contribution < 1.29 is 23.9 Å². The summed E-state index contributed by atoms with van der Waals surface area (Å²) in [6.07, 6.45) is -1.12. The van der Waals surface area contributed by atoms with Crippen LogP contribution in [0.1, 0.15) is 16.7 Å². The number of rotatable bonds is 4. The highest BCUT2D eigenvalue weighted by Crippen LogP contribution is 2.46. The van der Waals surface area contributed by atoms with Crippen LogP contribution in [0.4, 0.5) is 15.3 Å². The van der Waals surface area contributed by atoms with Gasteiger partial charge >= 0.3 is 12.1 Å². The summed E-state index contributed by atoms with van der Waals surface area (Å²) in [5, 5.41) is 3.16. The first-order valence-corrected chi connectivity index (χ1v) is 11.3. The molecule has 2 aliphatic rings. The van der Waals surface area contributed by atoms with Crippen molar-refractivity contribution >= 4 is 52.8 Å². The minimum Gasteiger partial charge on any atom is -0.444 e. The van der Waals surface area contributed by atoms with Crippen molar-refractivity contribution in [2.75, 3.05) is 5.32 Å². The number of anilines is 1. The van der Waals surface area contributed by atoms with Gasteiger partial charge in [-0.15, -0.1) is 0 Å². The van der Waals surface area contributed by atoms with Gasteiger partial charge in [0.05, 0.1) is 16.6 Å². The van der Waals surface area contributed by atoms with E-state index in [1.165, 1.54) is 18.2 Å². The Balaban J connectivity index is 1.55. The van der Waals surface area contributed by atoms with E-state index in [-0.39, 0.29) is 23.7 Å². The van der Waals surface area contributed by atoms with Crippen LogP contribution in [0, 0.1) is 0 Å². The highest BCUT2D eigenvalue weighted by Gasteiger charge is 2.69. The van der Waals surface area contributed by atoms with Crippen molar-refractivity contribution in [3.63, 3.8) is 0 Å². The Hall–Kier alpha value is -3.88. The molecule has 2 aliphatic heterocycles. The first kappa shape index (κ1) is 22.9. The van der Waals surface area contributed by atoms with Crippen LogP contribution >= 0.6 is 23.2 Å². The summed E-state index contributed by atoms with van der Waals surface area (Å²) in [6.45, 7) is -0.377. The number of urea groups is 1. The zero-order valence-electron chi connectivity index (χ0n) is 18.0. The molecule has 0 aromatic heterocycles. The van der Waals surface area contributed by atoms with E-state index in [1.807, 2.05) is 6.07 Å².